The smallest absolute Gasteiger partial charge is 0.119 e. The second-order valence-corrected chi connectivity index (χ2v) is 9.68. The van der Waals surface area contributed by atoms with E-state index in [1.807, 2.05) is 30.3 Å². The summed E-state index contributed by atoms with van der Waals surface area (Å²) in [6.07, 6.45) is 8.26. The number of piperidine rings is 1. The topological polar surface area (TPSA) is 52.9 Å². The van der Waals surface area contributed by atoms with E-state index >= 15 is 0 Å². The Balaban J connectivity index is 1.69. The van der Waals surface area contributed by atoms with Crippen molar-refractivity contribution in [2.24, 2.45) is 0 Å². The quantitative estimate of drug-likeness (QED) is 0.218. The van der Waals surface area contributed by atoms with Crippen LogP contribution in [-0.2, 0) is 0 Å². The van der Waals surface area contributed by atoms with Crippen LogP contribution in [0.1, 0.15) is 68.6 Å². The number of allylic oxidation sites excluding steroid dienone is 1. The van der Waals surface area contributed by atoms with Crippen LogP contribution >= 0.6 is 0 Å². The molecule has 0 unspecified atom stereocenters. The van der Waals surface area contributed by atoms with E-state index in [0.717, 1.165) is 60.2 Å². The van der Waals surface area contributed by atoms with Gasteiger partial charge in [0, 0.05) is 6.54 Å². The van der Waals surface area contributed by atoms with Crippen LogP contribution in [0.25, 0.3) is 11.1 Å². The molecule has 0 aliphatic carbocycles. The fraction of sp³-hybridized carbons (Fsp3) is 0.375. The van der Waals surface area contributed by atoms with Crippen LogP contribution < -0.4 is 4.74 Å². The Morgan fingerprint density at radius 3 is 2.03 bits per heavy atom. The van der Waals surface area contributed by atoms with Crippen molar-refractivity contribution in [3.05, 3.63) is 89.5 Å². The van der Waals surface area contributed by atoms with Crippen molar-refractivity contribution in [2.45, 2.75) is 51.9 Å². The van der Waals surface area contributed by atoms with Gasteiger partial charge in [-0.2, -0.15) is 0 Å². The molecule has 0 atom stereocenters. The number of benzene rings is 3. The molecule has 0 amide bonds. The maximum absolute atomic E-state index is 9.92. The number of unbranched alkanes of at least 4 members (excludes halogenated alkanes) is 2. The predicted molar refractivity (Wildman–Crippen MR) is 148 cm³/mol. The highest BCUT2D eigenvalue weighted by molar-refractivity contribution is 5.98. The molecule has 1 saturated heterocycles. The average molecular weight is 486 g/mol. The largest absolute Gasteiger partial charge is 0.508 e. The van der Waals surface area contributed by atoms with Gasteiger partial charge in [-0.3, -0.25) is 4.90 Å². The highest BCUT2D eigenvalue weighted by Crippen LogP contribution is 2.37. The Kier molecular flexibility index (Phi) is 9.46. The molecule has 1 heterocycles. The third-order valence-electron chi connectivity index (χ3n) is 6.95. The summed E-state index contributed by atoms with van der Waals surface area (Å²) >= 11 is 0. The van der Waals surface area contributed by atoms with Crippen molar-refractivity contribution in [2.75, 3.05) is 26.2 Å². The molecule has 4 rings (SSSR count). The predicted octanol–water partition coefficient (Wildman–Crippen LogP) is 7.50. The summed E-state index contributed by atoms with van der Waals surface area (Å²) in [5, 5.41) is 19.8. The van der Waals surface area contributed by atoms with E-state index in [1.165, 1.54) is 37.9 Å². The third kappa shape index (κ3) is 7.14. The second-order valence-electron chi connectivity index (χ2n) is 9.68. The molecule has 1 fully saturated rings. The van der Waals surface area contributed by atoms with E-state index in [0.29, 0.717) is 6.61 Å². The molecule has 4 heteroatoms. The van der Waals surface area contributed by atoms with Crippen LogP contribution in [0.3, 0.4) is 0 Å². The lowest BCUT2D eigenvalue weighted by molar-refractivity contribution is 0.183. The monoisotopic (exact) mass is 485 g/mol. The van der Waals surface area contributed by atoms with E-state index in [2.05, 4.69) is 30.0 Å². The molecule has 0 radical (unpaired) electrons. The SMILES string of the molecule is CCCCCC(=C(c1ccc(O)cc1)c1ccc(O)cc1)c1cccc(OCCN2CCCCC2)c1. The Bertz CT molecular complexity index is 1070. The van der Waals surface area contributed by atoms with Crippen LogP contribution in [0.2, 0.25) is 0 Å². The van der Waals surface area contributed by atoms with Crippen molar-refractivity contribution in [1.29, 1.82) is 0 Å². The molecule has 4 nitrogen and oxygen atoms in total. The first-order chi connectivity index (χ1) is 17.6. The molecule has 2 N–H and O–H groups in total. The molecule has 0 spiro atoms. The van der Waals surface area contributed by atoms with Gasteiger partial charge in [0.2, 0.25) is 0 Å². The van der Waals surface area contributed by atoms with Gasteiger partial charge in [-0.25, -0.2) is 0 Å². The Labute approximate surface area is 215 Å². The van der Waals surface area contributed by atoms with Crippen LogP contribution in [0, 0.1) is 0 Å². The third-order valence-corrected chi connectivity index (χ3v) is 6.95. The number of phenols is 2. The van der Waals surface area contributed by atoms with Gasteiger partial charge in [0.25, 0.3) is 0 Å². The number of hydrogen-bond donors (Lipinski definition) is 2. The molecule has 1 aliphatic heterocycles. The van der Waals surface area contributed by atoms with Crippen molar-refractivity contribution in [3.63, 3.8) is 0 Å². The molecule has 1 aliphatic rings. The van der Waals surface area contributed by atoms with Gasteiger partial charge in [0.15, 0.2) is 0 Å². The summed E-state index contributed by atoms with van der Waals surface area (Å²) in [6, 6.07) is 23.3. The lowest BCUT2D eigenvalue weighted by Gasteiger charge is -2.26. The van der Waals surface area contributed by atoms with Crippen LogP contribution in [-0.4, -0.2) is 41.4 Å². The lowest BCUT2D eigenvalue weighted by atomic mass is 9.86. The Morgan fingerprint density at radius 1 is 0.778 bits per heavy atom. The summed E-state index contributed by atoms with van der Waals surface area (Å²) in [5.74, 6) is 1.40. The van der Waals surface area contributed by atoms with Gasteiger partial charge in [-0.1, -0.05) is 62.6 Å². The first-order valence-electron chi connectivity index (χ1n) is 13.4. The molecule has 36 heavy (non-hydrogen) atoms. The molecular formula is C32H39NO3. The Hall–Kier alpha value is -3.24. The first kappa shape index (κ1) is 25.8. The van der Waals surface area contributed by atoms with E-state index in [1.54, 1.807) is 24.3 Å². The molecule has 0 bridgehead atoms. The molecule has 190 valence electrons. The highest BCUT2D eigenvalue weighted by Gasteiger charge is 2.16. The first-order valence-corrected chi connectivity index (χ1v) is 13.4. The van der Waals surface area contributed by atoms with Crippen molar-refractivity contribution in [3.8, 4) is 17.2 Å². The number of nitrogens with zero attached hydrogens (tertiary/aromatic N) is 1. The highest BCUT2D eigenvalue weighted by atomic mass is 16.5. The zero-order valence-corrected chi connectivity index (χ0v) is 21.5. The van der Waals surface area contributed by atoms with E-state index < -0.39 is 0 Å². The zero-order valence-electron chi connectivity index (χ0n) is 21.5. The molecule has 0 aromatic heterocycles. The number of ether oxygens (including phenoxy) is 1. The van der Waals surface area contributed by atoms with Crippen LogP contribution in [0.5, 0.6) is 17.2 Å². The summed E-state index contributed by atoms with van der Waals surface area (Å²) < 4.78 is 6.22. The minimum absolute atomic E-state index is 0.250. The van der Waals surface area contributed by atoms with E-state index in [-0.39, 0.29) is 11.5 Å². The summed E-state index contributed by atoms with van der Waals surface area (Å²) in [7, 11) is 0. The summed E-state index contributed by atoms with van der Waals surface area (Å²) in [6.45, 7) is 6.24. The molecule has 3 aromatic carbocycles. The second kappa shape index (κ2) is 13.2. The minimum atomic E-state index is 0.250. The van der Waals surface area contributed by atoms with Gasteiger partial charge >= 0.3 is 0 Å². The van der Waals surface area contributed by atoms with E-state index in [4.69, 9.17) is 4.74 Å². The number of likely N-dealkylation sites (tertiary alicyclic amines) is 1. The maximum atomic E-state index is 9.92. The van der Waals surface area contributed by atoms with Crippen LogP contribution in [0.4, 0.5) is 0 Å². The van der Waals surface area contributed by atoms with Crippen LogP contribution in [0.15, 0.2) is 72.8 Å². The average Bonchev–Trinajstić information content (AvgIpc) is 2.91. The van der Waals surface area contributed by atoms with Crippen molar-refractivity contribution in [1.82, 2.24) is 4.90 Å². The van der Waals surface area contributed by atoms with Gasteiger partial charge in [0.05, 0.1) is 0 Å². The lowest BCUT2D eigenvalue weighted by Crippen LogP contribution is -2.33. The Morgan fingerprint density at radius 2 is 1.42 bits per heavy atom. The minimum Gasteiger partial charge on any atom is -0.508 e. The summed E-state index contributed by atoms with van der Waals surface area (Å²) in [4.78, 5) is 2.50. The van der Waals surface area contributed by atoms with Crippen molar-refractivity contribution >= 4 is 11.1 Å². The number of rotatable bonds is 11. The maximum Gasteiger partial charge on any atom is 0.119 e. The normalized spacial score (nSPS) is 13.9. The zero-order chi connectivity index (χ0) is 25.2. The van der Waals surface area contributed by atoms with E-state index in [9.17, 15) is 10.2 Å². The fourth-order valence-electron chi connectivity index (χ4n) is 4.99. The molecular weight excluding hydrogens is 446 g/mol. The van der Waals surface area contributed by atoms with Gasteiger partial charge in [0.1, 0.15) is 23.9 Å². The van der Waals surface area contributed by atoms with Gasteiger partial charge in [-0.15, -0.1) is 0 Å². The summed E-state index contributed by atoms with van der Waals surface area (Å²) in [5.41, 5.74) is 5.61. The molecule has 0 saturated carbocycles. The van der Waals surface area contributed by atoms with Gasteiger partial charge in [-0.05, 0) is 103 Å². The van der Waals surface area contributed by atoms with Crippen molar-refractivity contribution < 1.29 is 14.9 Å². The number of aromatic hydroxyl groups is 2. The standard InChI is InChI=1S/C32H39NO3/c1-2-3-5-11-31(27-9-8-10-30(24-27)36-23-22-33-20-6-4-7-21-33)32(25-12-16-28(34)17-13-25)26-14-18-29(35)19-15-26/h8-10,12-19,24,34-35H,2-7,11,20-23H2,1H3. The number of phenolic OH excluding ortho intramolecular Hbond substituents is 2. The molecule has 3 aromatic rings. The fourth-order valence-corrected chi connectivity index (χ4v) is 4.99. The number of hydrogen-bond acceptors (Lipinski definition) is 4. The van der Waals surface area contributed by atoms with Gasteiger partial charge < -0.3 is 14.9 Å².